The largest absolute Gasteiger partial charge is 0.478 e. The van der Waals surface area contributed by atoms with Crippen LogP contribution < -0.4 is 4.72 Å². The van der Waals surface area contributed by atoms with Crippen molar-refractivity contribution in [2.24, 2.45) is 0 Å². The molecular formula is C14H12BrNO4S. The van der Waals surface area contributed by atoms with Gasteiger partial charge in [0.05, 0.1) is 16.1 Å². The van der Waals surface area contributed by atoms with Crippen LogP contribution in [0.5, 0.6) is 0 Å². The van der Waals surface area contributed by atoms with Crippen molar-refractivity contribution in [2.75, 3.05) is 4.72 Å². The SMILES string of the molecule is Cc1cccc(S(=O)(=O)Nc2c(Br)cccc2C(=O)O)c1. The zero-order valence-electron chi connectivity index (χ0n) is 11.0. The number of aryl methyl sites for hydroxylation is 1. The predicted octanol–water partition coefficient (Wildman–Crippen LogP) is 3.26. The Morgan fingerprint density at radius 1 is 1.19 bits per heavy atom. The molecule has 0 heterocycles. The maximum absolute atomic E-state index is 12.4. The Balaban J connectivity index is 2.49. The molecule has 0 saturated carbocycles. The number of nitrogens with one attached hydrogen (secondary N) is 1. The summed E-state index contributed by atoms with van der Waals surface area (Å²) in [5.74, 6) is -1.21. The van der Waals surface area contributed by atoms with Crippen LogP contribution in [-0.4, -0.2) is 19.5 Å². The summed E-state index contributed by atoms with van der Waals surface area (Å²) in [4.78, 5) is 11.3. The fraction of sp³-hybridized carbons (Fsp3) is 0.0714. The number of carboxylic acid groups (broad SMARTS) is 1. The van der Waals surface area contributed by atoms with Crippen LogP contribution in [0.4, 0.5) is 5.69 Å². The first-order valence-electron chi connectivity index (χ1n) is 5.92. The van der Waals surface area contributed by atoms with Crippen molar-refractivity contribution in [3.8, 4) is 0 Å². The number of carboxylic acids is 1. The zero-order chi connectivity index (χ0) is 15.6. The summed E-state index contributed by atoms with van der Waals surface area (Å²) in [7, 11) is -3.86. The molecule has 2 N–H and O–H groups in total. The van der Waals surface area contributed by atoms with Crippen molar-refractivity contribution in [3.05, 3.63) is 58.1 Å². The van der Waals surface area contributed by atoms with Gasteiger partial charge < -0.3 is 5.11 Å². The number of aromatic carboxylic acids is 1. The Hall–Kier alpha value is -1.86. The van der Waals surface area contributed by atoms with Gasteiger partial charge in [0.15, 0.2) is 0 Å². The fourth-order valence-electron chi connectivity index (χ4n) is 1.78. The number of hydrogen-bond donors (Lipinski definition) is 2. The number of rotatable bonds is 4. The predicted molar refractivity (Wildman–Crippen MR) is 83.1 cm³/mol. The smallest absolute Gasteiger partial charge is 0.337 e. The highest BCUT2D eigenvalue weighted by Crippen LogP contribution is 2.29. The van der Waals surface area contributed by atoms with Crippen molar-refractivity contribution in [1.82, 2.24) is 0 Å². The van der Waals surface area contributed by atoms with E-state index < -0.39 is 16.0 Å². The molecule has 0 bridgehead atoms. The molecule has 5 nitrogen and oxygen atoms in total. The van der Waals surface area contributed by atoms with Crippen LogP contribution in [0.3, 0.4) is 0 Å². The molecule has 0 radical (unpaired) electrons. The van der Waals surface area contributed by atoms with E-state index in [1.54, 1.807) is 25.1 Å². The number of hydrogen-bond acceptors (Lipinski definition) is 3. The summed E-state index contributed by atoms with van der Waals surface area (Å²) in [6.45, 7) is 1.78. The van der Waals surface area contributed by atoms with Crippen molar-refractivity contribution in [1.29, 1.82) is 0 Å². The number of sulfonamides is 1. The van der Waals surface area contributed by atoms with Gasteiger partial charge in [0, 0.05) is 4.47 Å². The molecule has 0 atom stereocenters. The first kappa shape index (κ1) is 15.5. The van der Waals surface area contributed by atoms with Crippen molar-refractivity contribution in [2.45, 2.75) is 11.8 Å². The highest BCUT2D eigenvalue weighted by molar-refractivity contribution is 9.10. The van der Waals surface area contributed by atoms with Gasteiger partial charge >= 0.3 is 5.97 Å². The minimum absolute atomic E-state index is 0.00602. The van der Waals surface area contributed by atoms with Gasteiger partial charge in [0.25, 0.3) is 10.0 Å². The van der Waals surface area contributed by atoms with Crippen LogP contribution in [0, 0.1) is 6.92 Å². The number of halogens is 1. The van der Waals surface area contributed by atoms with E-state index in [0.717, 1.165) is 5.56 Å². The van der Waals surface area contributed by atoms with Crippen LogP contribution >= 0.6 is 15.9 Å². The summed E-state index contributed by atoms with van der Waals surface area (Å²) in [5, 5.41) is 9.15. The third-order valence-corrected chi connectivity index (χ3v) is 4.79. The molecule has 110 valence electrons. The molecule has 21 heavy (non-hydrogen) atoms. The lowest BCUT2D eigenvalue weighted by Crippen LogP contribution is -2.16. The van der Waals surface area contributed by atoms with Gasteiger partial charge in [-0.15, -0.1) is 0 Å². The Labute approximate surface area is 130 Å². The van der Waals surface area contributed by atoms with E-state index in [-0.39, 0.29) is 16.1 Å². The molecule has 0 aliphatic carbocycles. The van der Waals surface area contributed by atoms with E-state index in [1.807, 2.05) is 0 Å². The van der Waals surface area contributed by atoms with Gasteiger partial charge in [-0.25, -0.2) is 13.2 Å². The lowest BCUT2D eigenvalue weighted by Gasteiger charge is -2.12. The third kappa shape index (κ3) is 3.43. The lowest BCUT2D eigenvalue weighted by atomic mass is 10.2. The summed E-state index contributed by atoms with van der Waals surface area (Å²) in [6, 6.07) is 10.8. The van der Waals surface area contributed by atoms with Crippen molar-refractivity contribution in [3.63, 3.8) is 0 Å². The minimum Gasteiger partial charge on any atom is -0.478 e. The standard InChI is InChI=1S/C14H12BrNO4S/c1-9-4-2-5-10(8-9)21(19,20)16-13-11(14(17)18)6-3-7-12(13)15/h2-8,16H,1H3,(H,17,18). The summed E-state index contributed by atoms with van der Waals surface area (Å²) >= 11 is 3.16. The molecule has 2 rings (SSSR count). The average molecular weight is 370 g/mol. The summed E-state index contributed by atoms with van der Waals surface area (Å²) in [5.41, 5.74) is 0.676. The molecule has 2 aromatic rings. The maximum Gasteiger partial charge on any atom is 0.337 e. The van der Waals surface area contributed by atoms with Crippen LogP contribution in [0.1, 0.15) is 15.9 Å². The molecule has 0 amide bonds. The molecule has 0 fully saturated rings. The van der Waals surface area contributed by atoms with Gasteiger partial charge in [0.2, 0.25) is 0 Å². The van der Waals surface area contributed by atoms with E-state index in [0.29, 0.717) is 4.47 Å². The van der Waals surface area contributed by atoms with E-state index in [1.165, 1.54) is 24.3 Å². The van der Waals surface area contributed by atoms with Crippen LogP contribution in [0.25, 0.3) is 0 Å². The second-order valence-corrected chi connectivity index (χ2v) is 6.93. The Bertz CT molecular complexity index is 802. The number of anilines is 1. The number of carbonyl (C=O) groups is 1. The van der Waals surface area contributed by atoms with Crippen molar-refractivity contribution < 1.29 is 18.3 Å². The van der Waals surface area contributed by atoms with Gasteiger partial charge in [-0.1, -0.05) is 18.2 Å². The minimum atomic E-state index is -3.86. The molecule has 0 aliphatic heterocycles. The molecule has 0 saturated heterocycles. The molecule has 0 aliphatic rings. The first-order valence-corrected chi connectivity index (χ1v) is 8.20. The second kappa shape index (κ2) is 5.87. The van der Waals surface area contributed by atoms with Crippen LogP contribution in [-0.2, 0) is 10.0 Å². The Morgan fingerprint density at radius 2 is 1.86 bits per heavy atom. The lowest BCUT2D eigenvalue weighted by molar-refractivity contribution is 0.0698. The maximum atomic E-state index is 12.4. The number of benzene rings is 2. The summed E-state index contributed by atoms with van der Waals surface area (Å²) in [6.07, 6.45) is 0. The molecule has 0 unspecified atom stereocenters. The molecule has 7 heteroatoms. The van der Waals surface area contributed by atoms with E-state index in [4.69, 9.17) is 5.11 Å². The average Bonchev–Trinajstić information content (AvgIpc) is 2.40. The second-order valence-electron chi connectivity index (χ2n) is 4.39. The van der Waals surface area contributed by atoms with Gasteiger partial charge in [-0.2, -0.15) is 0 Å². The zero-order valence-corrected chi connectivity index (χ0v) is 13.4. The van der Waals surface area contributed by atoms with E-state index in [9.17, 15) is 13.2 Å². The van der Waals surface area contributed by atoms with Gasteiger partial charge in [0.1, 0.15) is 0 Å². The normalized spacial score (nSPS) is 11.1. The van der Waals surface area contributed by atoms with Gasteiger partial charge in [-0.3, -0.25) is 4.72 Å². The van der Waals surface area contributed by atoms with Crippen LogP contribution in [0.15, 0.2) is 51.8 Å². The fourth-order valence-corrected chi connectivity index (χ4v) is 3.58. The molecule has 2 aromatic carbocycles. The van der Waals surface area contributed by atoms with E-state index in [2.05, 4.69) is 20.7 Å². The van der Waals surface area contributed by atoms with Gasteiger partial charge in [-0.05, 0) is 52.7 Å². The van der Waals surface area contributed by atoms with Crippen LogP contribution in [0.2, 0.25) is 0 Å². The molecule has 0 aromatic heterocycles. The highest BCUT2D eigenvalue weighted by atomic mass is 79.9. The Morgan fingerprint density at radius 3 is 2.48 bits per heavy atom. The topological polar surface area (TPSA) is 83.5 Å². The van der Waals surface area contributed by atoms with E-state index >= 15 is 0 Å². The Kier molecular flexibility index (Phi) is 4.34. The summed E-state index contributed by atoms with van der Waals surface area (Å²) < 4.78 is 27.4. The number of para-hydroxylation sites is 1. The first-order chi connectivity index (χ1) is 9.81. The van der Waals surface area contributed by atoms with Crippen molar-refractivity contribution >= 4 is 37.6 Å². The quantitative estimate of drug-likeness (QED) is 0.866. The molecular weight excluding hydrogens is 358 g/mol. The third-order valence-electron chi connectivity index (χ3n) is 2.78. The monoisotopic (exact) mass is 369 g/mol. The highest BCUT2D eigenvalue weighted by Gasteiger charge is 2.20. The molecule has 0 spiro atoms.